The van der Waals surface area contributed by atoms with Gasteiger partial charge >= 0.3 is 6.09 Å². The van der Waals surface area contributed by atoms with E-state index in [2.05, 4.69) is 9.62 Å². The molecule has 8 heteroatoms. The molecule has 0 unspecified atom stereocenters. The molecule has 2 heterocycles. The minimum Gasteiger partial charge on any atom is -0.444 e. The highest BCUT2D eigenvalue weighted by Crippen LogP contribution is 2.49. The smallest absolute Gasteiger partial charge is 0.410 e. The molecule has 2 saturated heterocycles. The Kier molecular flexibility index (Phi) is 6.32. The number of carbonyl (C=O) groups is 1. The Morgan fingerprint density at radius 2 is 1.82 bits per heavy atom. The third-order valence-corrected chi connectivity index (χ3v) is 7.91. The lowest BCUT2D eigenvalue weighted by atomic mass is 9.60. The van der Waals surface area contributed by atoms with E-state index in [-0.39, 0.29) is 17.9 Å². The van der Waals surface area contributed by atoms with Crippen LogP contribution in [0, 0.1) is 11.3 Å². The summed E-state index contributed by atoms with van der Waals surface area (Å²) >= 11 is 0. The van der Waals surface area contributed by atoms with Crippen LogP contribution in [0.25, 0.3) is 0 Å². The molecule has 0 aromatic heterocycles. The molecule has 3 aliphatic rings. The van der Waals surface area contributed by atoms with E-state index in [4.69, 9.17) is 4.74 Å². The molecule has 1 spiro atoms. The van der Waals surface area contributed by atoms with E-state index < -0.39 is 15.6 Å². The van der Waals surface area contributed by atoms with Crippen molar-refractivity contribution in [2.24, 2.45) is 11.3 Å². The van der Waals surface area contributed by atoms with Gasteiger partial charge in [0, 0.05) is 25.7 Å². The zero-order chi connectivity index (χ0) is 20.6. The average molecular weight is 416 g/mol. The number of nitrogens with zero attached hydrogens (tertiary/aromatic N) is 2. The van der Waals surface area contributed by atoms with Crippen LogP contribution < -0.4 is 4.72 Å². The maximum absolute atomic E-state index is 12.2. The number of ether oxygens (including phenoxy) is 1. The van der Waals surface area contributed by atoms with Gasteiger partial charge < -0.3 is 14.5 Å². The fraction of sp³-hybridized carbons (Fsp3) is 0.950. The van der Waals surface area contributed by atoms with Crippen molar-refractivity contribution < 1.29 is 17.9 Å². The first-order chi connectivity index (χ1) is 13.0. The summed E-state index contributed by atoms with van der Waals surface area (Å²) in [6.45, 7) is 12.2. The van der Waals surface area contributed by atoms with Crippen molar-refractivity contribution in [2.45, 2.75) is 71.4 Å². The third-order valence-electron chi connectivity index (χ3n) is 6.46. The van der Waals surface area contributed by atoms with Crippen molar-refractivity contribution in [3.8, 4) is 0 Å². The normalized spacial score (nSPS) is 26.4. The molecule has 0 aromatic carbocycles. The maximum atomic E-state index is 12.2. The lowest BCUT2D eigenvalue weighted by molar-refractivity contribution is 0.00828. The first kappa shape index (κ1) is 21.8. The van der Waals surface area contributed by atoms with Crippen molar-refractivity contribution in [3.63, 3.8) is 0 Å². The van der Waals surface area contributed by atoms with Crippen LogP contribution in [-0.2, 0) is 14.8 Å². The van der Waals surface area contributed by atoms with E-state index in [1.807, 2.05) is 25.7 Å². The quantitative estimate of drug-likeness (QED) is 0.746. The van der Waals surface area contributed by atoms with Crippen LogP contribution in [0.5, 0.6) is 0 Å². The fourth-order valence-electron chi connectivity index (χ4n) is 4.86. The molecule has 0 bridgehead atoms. The summed E-state index contributed by atoms with van der Waals surface area (Å²) in [5, 5.41) is 0. The highest BCUT2D eigenvalue weighted by atomic mass is 32.2. The monoisotopic (exact) mass is 415 g/mol. The van der Waals surface area contributed by atoms with E-state index in [0.29, 0.717) is 11.3 Å². The summed E-state index contributed by atoms with van der Waals surface area (Å²) in [6.07, 6.45) is 5.12. The minimum absolute atomic E-state index is 0.133. The SMILES string of the molecule is CCS(=O)(=O)NC1CC2(CCN(C[C@@H]3CCN(C(=O)OC(C)(C)C)C3)CC2)C1. The summed E-state index contributed by atoms with van der Waals surface area (Å²) in [6, 6.07) is 0.133. The van der Waals surface area contributed by atoms with Gasteiger partial charge in [-0.3, -0.25) is 0 Å². The molecule has 7 nitrogen and oxygen atoms in total. The molecule has 1 saturated carbocycles. The molecule has 1 N–H and O–H groups in total. The minimum atomic E-state index is -3.09. The largest absolute Gasteiger partial charge is 0.444 e. The summed E-state index contributed by atoms with van der Waals surface area (Å²) in [4.78, 5) is 16.6. The maximum Gasteiger partial charge on any atom is 0.410 e. The lowest BCUT2D eigenvalue weighted by Crippen LogP contribution is -2.55. The van der Waals surface area contributed by atoms with Crippen LogP contribution in [0.3, 0.4) is 0 Å². The van der Waals surface area contributed by atoms with Crippen LogP contribution in [-0.4, -0.2) is 74.4 Å². The van der Waals surface area contributed by atoms with Gasteiger partial charge in [0.1, 0.15) is 5.60 Å². The Balaban J connectivity index is 1.37. The van der Waals surface area contributed by atoms with Crippen LogP contribution in [0.1, 0.15) is 59.8 Å². The van der Waals surface area contributed by atoms with Gasteiger partial charge in [-0.15, -0.1) is 0 Å². The van der Waals surface area contributed by atoms with Crippen molar-refractivity contribution in [1.82, 2.24) is 14.5 Å². The Morgan fingerprint density at radius 3 is 2.39 bits per heavy atom. The lowest BCUT2D eigenvalue weighted by Gasteiger charge is -2.52. The Labute approximate surface area is 170 Å². The second-order valence-corrected chi connectivity index (χ2v) is 12.1. The highest BCUT2D eigenvalue weighted by molar-refractivity contribution is 7.89. The molecule has 28 heavy (non-hydrogen) atoms. The van der Waals surface area contributed by atoms with E-state index >= 15 is 0 Å². The van der Waals surface area contributed by atoms with Crippen molar-refractivity contribution in [2.75, 3.05) is 38.5 Å². The first-order valence-corrected chi connectivity index (χ1v) is 12.3. The van der Waals surface area contributed by atoms with Gasteiger partial charge in [0.25, 0.3) is 0 Å². The van der Waals surface area contributed by atoms with Gasteiger partial charge in [-0.25, -0.2) is 17.9 Å². The summed E-state index contributed by atoms with van der Waals surface area (Å²) in [5.41, 5.74) is -0.0992. The van der Waals surface area contributed by atoms with Crippen LogP contribution in [0.4, 0.5) is 4.79 Å². The molecule has 0 radical (unpaired) electrons. The molecule has 3 rings (SSSR count). The summed E-state index contributed by atoms with van der Waals surface area (Å²) in [5.74, 6) is 0.679. The predicted molar refractivity (Wildman–Crippen MR) is 110 cm³/mol. The van der Waals surface area contributed by atoms with Gasteiger partial charge in [0.15, 0.2) is 0 Å². The molecule has 1 amide bonds. The fourth-order valence-corrected chi connectivity index (χ4v) is 5.70. The second-order valence-electron chi connectivity index (χ2n) is 10.0. The third kappa shape index (κ3) is 5.60. The Hall–Kier alpha value is -0.860. The molecular weight excluding hydrogens is 378 g/mol. The topological polar surface area (TPSA) is 79.0 Å². The number of nitrogens with one attached hydrogen (secondary N) is 1. The number of sulfonamides is 1. The van der Waals surface area contributed by atoms with Crippen LogP contribution in [0.15, 0.2) is 0 Å². The summed E-state index contributed by atoms with van der Waals surface area (Å²) < 4.78 is 31.7. The number of hydrogen-bond donors (Lipinski definition) is 1. The molecule has 3 fully saturated rings. The number of rotatable bonds is 5. The zero-order valence-corrected chi connectivity index (χ0v) is 18.7. The van der Waals surface area contributed by atoms with Gasteiger partial charge in [-0.05, 0) is 84.2 Å². The number of carbonyl (C=O) groups excluding carboxylic acids is 1. The van der Waals surface area contributed by atoms with Gasteiger partial charge in [0.2, 0.25) is 10.0 Å². The van der Waals surface area contributed by atoms with Gasteiger partial charge in [-0.1, -0.05) is 0 Å². The Morgan fingerprint density at radius 1 is 1.18 bits per heavy atom. The van der Waals surface area contributed by atoms with E-state index in [1.165, 1.54) is 0 Å². The van der Waals surface area contributed by atoms with E-state index in [0.717, 1.165) is 64.8 Å². The number of hydrogen-bond acceptors (Lipinski definition) is 5. The van der Waals surface area contributed by atoms with E-state index in [9.17, 15) is 13.2 Å². The van der Waals surface area contributed by atoms with Gasteiger partial charge in [0.05, 0.1) is 5.75 Å². The van der Waals surface area contributed by atoms with Crippen molar-refractivity contribution in [3.05, 3.63) is 0 Å². The molecule has 1 aliphatic carbocycles. The van der Waals surface area contributed by atoms with Crippen LogP contribution >= 0.6 is 0 Å². The predicted octanol–water partition coefficient (Wildman–Crippen LogP) is 2.43. The summed E-state index contributed by atoms with van der Waals surface area (Å²) in [7, 11) is -3.09. The van der Waals surface area contributed by atoms with E-state index in [1.54, 1.807) is 6.92 Å². The standard InChI is InChI=1S/C20H37N3O4S/c1-5-28(25,26)21-17-12-20(13-17)7-10-22(11-8-20)14-16-6-9-23(15-16)18(24)27-19(2,3)4/h16-17,21H,5-15H2,1-4H3/t16-/m0/s1. The average Bonchev–Trinajstić information content (AvgIpc) is 3.02. The number of likely N-dealkylation sites (tertiary alicyclic amines) is 2. The second kappa shape index (κ2) is 8.11. The molecule has 2 aliphatic heterocycles. The Bertz CT molecular complexity index is 657. The highest BCUT2D eigenvalue weighted by Gasteiger charge is 2.47. The number of piperidine rings is 1. The molecule has 162 valence electrons. The zero-order valence-electron chi connectivity index (χ0n) is 17.9. The van der Waals surface area contributed by atoms with Gasteiger partial charge in [-0.2, -0.15) is 0 Å². The molecular formula is C20H37N3O4S. The van der Waals surface area contributed by atoms with Crippen molar-refractivity contribution in [1.29, 1.82) is 0 Å². The molecule has 1 atom stereocenters. The van der Waals surface area contributed by atoms with Crippen LogP contribution in [0.2, 0.25) is 0 Å². The van der Waals surface area contributed by atoms with Crippen molar-refractivity contribution >= 4 is 16.1 Å². The molecule has 0 aromatic rings. The number of amides is 1. The first-order valence-electron chi connectivity index (χ1n) is 10.7.